The molecule has 1 rings (SSSR count). The fourth-order valence-corrected chi connectivity index (χ4v) is 6.26. The molecule has 1 aliphatic rings. The molecule has 6 N–H and O–H groups in total. The van der Waals surface area contributed by atoms with Crippen LogP contribution in [0.25, 0.3) is 0 Å². The summed E-state index contributed by atoms with van der Waals surface area (Å²) in [6.07, 6.45) is 43.8. The van der Waals surface area contributed by atoms with Gasteiger partial charge in [-0.3, -0.25) is 4.79 Å². The molecule has 56 heavy (non-hydrogen) atoms. The number of amides is 1. The second-order valence-electron chi connectivity index (χ2n) is 14.8. The average molecular weight is 786 g/mol. The predicted octanol–water partition coefficient (Wildman–Crippen LogP) is 8.77. The number of ether oxygens (including phenoxy) is 2. The number of hydrogen-bond donors (Lipinski definition) is 6. The molecule has 9 heteroatoms. The lowest BCUT2D eigenvalue weighted by molar-refractivity contribution is -0.302. The number of nitrogens with one attached hydrogen (secondary N) is 1. The van der Waals surface area contributed by atoms with Crippen molar-refractivity contribution in [3.8, 4) is 0 Å². The smallest absolute Gasteiger partial charge is 0.220 e. The summed E-state index contributed by atoms with van der Waals surface area (Å²) in [5.74, 6) is -0.171. The molecule has 7 unspecified atom stereocenters. The Kier molecular flexibility index (Phi) is 33.7. The summed E-state index contributed by atoms with van der Waals surface area (Å²) in [6.45, 7) is 3.56. The van der Waals surface area contributed by atoms with E-state index in [-0.39, 0.29) is 12.5 Å². The first-order valence-electron chi connectivity index (χ1n) is 21.8. The topological polar surface area (TPSA) is 149 Å². The van der Waals surface area contributed by atoms with Crippen LogP contribution in [0.3, 0.4) is 0 Å². The van der Waals surface area contributed by atoms with Crippen molar-refractivity contribution in [2.45, 2.75) is 192 Å². The Hall–Kier alpha value is -2.63. The molecule has 0 radical (unpaired) electrons. The summed E-state index contributed by atoms with van der Waals surface area (Å²) >= 11 is 0. The highest BCUT2D eigenvalue weighted by Crippen LogP contribution is 2.23. The molecule has 1 saturated heterocycles. The minimum atomic E-state index is -1.56. The second kappa shape index (κ2) is 36.7. The Morgan fingerprint density at radius 1 is 0.625 bits per heavy atom. The first-order chi connectivity index (χ1) is 27.3. The Balaban J connectivity index is 2.14. The molecule has 0 aromatic heterocycles. The molecular weight excluding hydrogens is 707 g/mol. The van der Waals surface area contributed by atoms with E-state index in [0.29, 0.717) is 12.8 Å². The van der Waals surface area contributed by atoms with Crippen LogP contribution in [0.15, 0.2) is 85.1 Å². The fourth-order valence-electron chi connectivity index (χ4n) is 6.26. The quantitative estimate of drug-likeness (QED) is 0.0280. The Morgan fingerprint density at radius 3 is 1.62 bits per heavy atom. The van der Waals surface area contributed by atoms with Crippen LogP contribution in [0, 0.1) is 0 Å². The molecule has 0 aromatic rings. The van der Waals surface area contributed by atoms with Crippen LogP contribution in [0.1, 0.15) is 149 Å². The highest BCUT2D eigenvalue weighted by Gasteiger charge is 2.44. The van der Waals surface area contributed by atoms with Crippen molar-refractivity contribution in [1.29, 1.82) is 0 Å². The molecule has 7 atom stereocenters. The van der Waals surface area contributed by atoms with Gasteiger partial charge in [0.1, 0.15) is 24.4 Å². The second-order valence-corrected chi connectivity index (χ2v) is 14.8. The highest BCUT2D eigenvalue weighted by atomic mass is 16.7. The van der Waals surface area contributed by atoms with E-state index in [0.717, 1.165) is 103 Å². The van der Waals surface area contributed by atoms with Gasteiger partial charge in [0.2, 0.25) is 5.91 Å². The zero-order chi connectivity index (χ0) is 40.9. The van der Waals surface area contributed by atoms with Gasteiger partial charge in [0.25, 0.3) is 0 Å². The van der Waals surface area contributed by atoms with Gasteiger partial charge in [-0.25, -0.2) is 0 Å². The van der Waals surface area contributed by atoms with E-state index >= 15 is 0 Å². The zero-order valence-corrected chi connectivity index (χ0v) is 34.8. The van der Waals surface area contributed by atoms with Gasteiger partial charge in [-0.1, -0.05) is 157 Å². The molecule has 1 aliphatic heterocycles. The fraction of sp³-hybridized carbons (Fsp3) is 0.681. The summed E-state index contributed by atoms with van der Waals surface area (Å²) in [6, 6.07) is -0.726. The van der Waals surface area contributed by atoms with E-state index in [1.165, 1.54) is 19.3 Å². The van der Waals surface area contributed by atoms with Crippen LogP contribution >= 0.6 is 0 Å². The molecule has 9 nitrogen and oxygen atoms in total. The van der Waals surface area contributed by atoms with Crippen molar-refractivity contribution in [3.05, 3.63) is 85.1 Å². The molecule has 1 amide bonds. The molecular formula is C47H79NO8. The SMILES string of the molecule is CC/C=C\C/C=C\C/C=C\C/C=C\C/C=C\C/C=C\C/C=C\CCCCCCCCCC(=O)NC(COC1OC(CO)C(O)C(O)C1O)C(O)CCCCCC. The number of aliphatic hydroxyl groups excluding tert-OH is 5. The Morgan fingerprint density at radius 2 is 1.11 bits per heavy atom. The molecule has 1 fully saturated rings. The minimum Gasteiger partial charge on any atom is -0.394 e. The van der Waals surface area contributed by atoms with Gasteiger partial charge < -0.3 is 40.3 Å². The van der Waals surface area contributed by atoms with Gasteiger partial charge in [0.05, 0.1) is 25.4 Å². The normalized spacial score (nSPS) is 22.0. The molecule has 1 heterocycles. The number of rotatable bonds is 34. The van der Waals surface area contributed by atoms with Crippen LogP contribution in [0.5, 0.6) is 0 Å². The first-order valence-corrected chi connectivity index (χ1v) is 21.8. The number of unbranched alkanes of at least 4 members (excludes halogenated alkanes) is 10. The van der Waals surface area contributed by atoms with Gasteiger partial charge in [-0.15, -0.1) is 0 Å². The number of carbonyl (C=O) groups is 1. The van der Waals surface area contributed by atoms with E-state index in [1.54, 1.807) is 0 Å². The van der Waals surface area contributed by atoms with Crippen molar-refractivity contribution < 1.29 is 39.8 Å². The van der Waals surface area contributed by atoms with Gasteiger partial charge in [-0.2, -0.15) is 0 Å². The van der Waals surface area contributed by atoms with E-state index in [2.05, 4.69) is 104 Å². The molecule has 0 saturated carbocycles. The Labute approximate surface area is 340 Å². The molecule has 320 valence electrons. The summed E-state index contributed by atoms with van der Waals surface area (Å²) in [5.41, 5.74) is 0. The lowest BCUT2D eigenvalue weighted by Gasteiger charge is -2.40. The van der Waals surface area contributed by atoms with Crippen molar-refractivity contribution in [3.63, 3.8) is 0 Å². The van der Waals surface area contributed by atoms with Crippen molar-refractivity contribution in [2.24, 2.45) is 0 Å². The maximum atomic E-state index is 12.8. The van der Waals surface area contributed by atoms with E-state index < -0.39 is 49.5 Å². The molecule has 0 aliphatic carbocycles. The van der Waals surface area contributed by atoms with Crippen LogP contribution in [0.4, 0.5) is 0 Å². The number of hydrogen-bond acceptors (Lipinski definition) is 8. The van der Waals surface area contributed by atoms with Crippen LogP contribution in [-0.2, 0) is 14.3 Å². The van der Waals surface area contributed by atoms with Crippen molar-refractivity contribution in [2.75, 3.05) is 13.2 Å². The third kappa shape index (κ3) is 27.1. The van der Waals surface area contributed by atoms with Crippen LogP contribution in [0.2, 0.25) is 0 Å². The largest absolute Gasteiger partial charge is 0.394 e. The first kappa shape index (κ1) is 51.4. The van der Waals surface area contributed by atoms with Gasteiger partial charge >= 0.3 is 0 Å². The number of aliphatic hydroxyl groups is 5. The standard InChI is InChI=1S/C47H79NO8/c1-3-5-7-9-10-11-12-13-14-15-16-17-18-19-20-21-22-23-24-25-26-27-28-29-30-31-32-33-35-37-43(51)48-40(41(50)36-34-8-6-4-2)39-55-47-46(54)45(53)44(52)42(38-49)56-47/h5,7,10-11,13-14,16-17,19-20,22-23,25-26,40-42,44-47,49-50,52-54H,3-4,6,8-9,12,15,18,21,24,27-39H2,1-2H3,(H,48,51)/b7-5-,11-10-,14-13-,17-16-,20-19-,23-22-,26-25-. The lowest BCUT2D eigenvalue weighted by atomic mass is 9.99. The number of allylic oxidation sites excluding steroid dienone is 14. The summed E-state index contributed by atoms with van der Waals surface area (Å²) in [4.78, 5) is 12.8. The predicted molar refractivity (Wildman–Crippen MR) is 230 cm³/mol. The molecule has 0 aromatic carbocycles. The monoisotopic (exact) mass is 786 g/mol. The van der Waals surface area contributed by atoms with Crippen molar-refractivity contribution in [1.82, 2.24) is 5.32 Å². The van der Waals surface area contributed by atoms with Crippen molar-refractivity contribution >= 4 is 5.91 Å². The van der Waals surface area contributed by atoms with E-state index in [1.807, 2.05) is 0 Å². The number of carbonyl (C=O) groups excluding carboxylic acids is 1. The van der Waals surface area contributed by atoms with Gasteiger partial charge in [-0.05, 0) is 70.6 Å². The van der Waals surface area contributed by atoms with Crippen LogP contribution in [-0.4, -0.2) is 87.5 Å². The minimum absolute atomic E-state index is 0.152. The van der Waals surface area contributed by atoms with Crippen LogP contribution < -0.4 is 5.32 Å². The molecule has 0 bridgehead atoms. The Bertz CT molecular complexity index is 1140. The highest BCUT2D eigenvalue weighted by molar-refractivity contribution is 5.76. The summed E-state index contributed by atoms with van der Waals surface area (Å²) in [5, 5.41) is 53.7. The lowest BCUT2D eigenvalue weighted by Crippen LogP contribution is -2.60. The van der Waals surface area contributed by atoms with E-state index in [9.17, 15) is 30.3 Å². The van der Waals surface area contributed by atoms with Gasteiger partial charge in [0.15, 0.2) is 6.29 Å². The summed E-state index contributed by atoms with van der Waals surface area (Å²) in [7, 11) is 0. The third-order valence-corrected chi connectivity index (χ3v) is 9.76. The zero-order valence-electron chi connectivity index (χ0n) is 34.8. The third-order valence-electron chi connectivity index (χ3n) is 9.76. The molecule has 0 spiro atoms. The maximum absolute atomic E-state index is 12.8. The summed E-state index contributed by atoms with van der Waals surface area (Å²) < 4.78 is 11.1. The average Bonchev–Trinajstić information content (AvgIpc) is 3.20. The van der Waals surface area contributed by atoms with Gasteiger partial charge in [0, 0.05) is 6.42 Å². The maximum Gasteiger partial charge on any atom is 0.220 e. The van der Waals surface area contributed by atoms with E-state index in [4.69, 9.17) is 9.47 Å².